The van der Waals surface area contributed by atoms with Gasteiger partial charge in [0.25, 0.3) is 0 Å². The van der Waals surface area contributed by atoms with E-state index in [0.717, 1.165) is 22.0 Å². The standard InChI is InChI=1S/C31H27N5O3/c1-19-12-20(2)31-26(13-19)25(15-28(35-31)27-6-4-5-11-32-27)30(18-38)34-23-9-7-22(8-10-23)29(17-37)33-16-24-14-21(3)36-39-24/h4-15,21,33-34,36H,16H2,1-3H3. The van der Waals surface area contributed by atoms with Gasteiger partial charge in [0.1, 0.15) is 17.2 Å². The third kappa shape index (κ3) is 5.64. The van der Waals surface area contributed by atoms with Crippen molar-refractivity contribution in [3.8, 4) is 11.4 Å². The minimum atomic E-state index is 0.112. The SMILES string of the molecule is Cc1cc(C)c2nc(-c3ccccn3)cc(C(=C=O)Nc3ccc(C(=C=O)NCC4=CC(C)NO4)cc3)c2c1. The number of aryl methyl sites for hydroxylation is 2. The fourth-order valence-corrected chi connectivity index (χ4v) is 4.53. The molecule has 1 aliphatic rings. The van der Waals surface area contributed by atoms with E-state index in [4.69, 9.17) is 9.82 Å². The predicted molar refractivity (Wildman–Crippen MR) is 152 cm³/mol. The highest BCUT2D eigenvalue weighted by Gasteiger charge is 2.16. The molecular weight excluding hydrogens is 490 g/mol. The number of hydrogen-bond acceptors (Lipinski definition) is 8. The number of carbonyl (C=O) groups excluding carboxylic acids is 2. The van der Waals surface area contributed by atoms with Crippen molar-refractivity contribution in [1.29, 1.82) is 0 Å². The van der Waals surface area contributed by atoms with Crippen LogP contribution in [-0.4, -0.2) is 34.4 Å². The van der Waals surface area contributed by atoms with Gasteiger partial charge in [-0.1, -0.05) is 29.8 Å². The Balaban J connectivity index is 1.44. The number of anilines is 1. The summed E-state index contributed by atoms with van der Waals surface area (Å²) in [4.78, 5) is 38.5. The van der Waals surface area contributed by atoms with Crippen LogP contribution in [0.25, 0.3) is 33.7 Å². The maximum atomic E-state index is 12.3. The van der Waals surface area contributed by atoms with Crippen molar-refractivity contribution in [2.24, 2.45) is 0 Å². The van der Waals surface area contributed by atoms with Crippen LogP contribution in [0, 0.1) is 13.8 Å². The number of nitrogens with zero attached hydrogens (tertiary/aromatic N) is 2. The third-order valence-corrected chi connectivity index (χ3v) is 6.34. The molecule has 0 saturated heterocycles. The van der Waals surface area contributed by atoms with Crippen molar-refractivity contribution < 1.29 is 14.4 Å². The number of pyridine rings is 2. The van der Waals surface area contributed by atoms with Crippen LogP contribution in [0.15, 0.2) is 78.7 Å². The molecule has 39 heavy (non-hydrogen) atoms. The maximum absolute atomic E-state index is 12.3. The molecule has 0 bridgehead atoms. The lowest BCUT2D eigenvalue weighted by molar-refractivity contribution is 0.117. The van der Waals surface area contributed by atoms with E-state index in [-0.39, 0.29) is 11.7 Å². The first-order chi connectivity index (χ1) is 18.9. The van der Waals surface area contributed by atoms with Crippen molar-refractivity contribution in [1.82, 2.24) is 20.8 Å². The molecule has 194 valence electrons. The Hall–Kier alpha value is -5.00. The van der Waals surface area contributed by atoms with Gasteiger partial charge in [-0.2, -0.15) is 5.48 Å². The number of rotatable bonds is 8. The molecule has 0 aliphatic carbocycles. The minimum Gasteiger partial charge on any atom is -0.411 e. The first kappa shape index (κ1) is 25.6. The molecular formula is C31H27N5O3. The number of fused-ring (bicyclic) bond motifs is 1. The van der Waals surface area contributed by atoms with Gasteiger partial charge in [0.15, 0.2) is 11.9 Å². The Morgan fingerprint density at radius 2 is 1.79 bits per heavy atom. The summed E-state index contributed by atoms with van der Waals surface area (Å²) in [5.41, 5.74) is 9.64. The quantitative estimate of drug-likeness (QED) is 0.287. The lowest BCUT2D eigenvalue weighted by Gasteiger charge is -2.15. The molecule has 0 radical (unpaired) electrons. The third-order valence-electron chi connectivity index (χ3n) is 6.34. The van der Waals surface area contributed by atoms with E-state index in [9.17, 15) is 9.59 Å². The maximum Gasteiger partial charge on any atom is 0.151 e. The topological polar surface area (TPSA) is 105 Å². The molecule has 2 aromatic heterocycles. The summed E-state index contributed by atoms with van der Waals surface area (Å²) >= 11 is 0. The summed E-state index contributed by atoms with van der Waals surface area (Å²) in [7, 11) is 0. The fourth-order valence-electron chi connectivity index (χ4n) is 4.53. The van der Waals surface area contributed by atoms with Gasteiger partial charge in [-0.05, 0) is 68.8 Å². The highest BCUT2D eigenvalue weighted by molar-refractivity contribution is 6.04. The van der Waals surface area contributed by atoms with Gasteiger partial charge in [0.05, 0.1) is 29.5 Å². The zero-order valence-corrected chi connectivity index (χ0v) is 21.8. The molecule has 1 atom stereocenters. The molecule has 0 amide bonds. The Bertz CT molecular complexity index is 1670. The molecule has 5 rings (SSSR count). The van der Waals surface area contributed by atoms with Crippen LogP contribution in [0.3, 0.4) is 0 Å². The van der Waals surface area contributed by atoms with Crippen molar-refractivity contribution in [3.05, 3.63) is 101 Å². The first-order valence-electron chi connectivity index (χ1n) is 12.5. The molecule has 0 fully saturated rings. The van der Waals surface area contributed by atoms with Crippen LogP contribution in [0.2, 0.25) is 0 Å². The van der Waals surface area contributed by atoms with Crippen molar-refractivity contribution >= 4 is 39.9 Å². The molecule has 3 N–H and O–H groups in total. The van der Waals surface area contributed by atoms with Crippen LogP contribution in [-0.2, 0) is 14.4 Å². The van der Waals surface area contributed by atoms with Gasteiger partial charge in [0.2, 0.25) is 0 Å². The number of nitrogens with one attached hydrogen (secondary N) is 3. The lowest BCUT2D eigenvalue weighted by atomic mass is 9.99. The molecule has 0 saturated carbocycles. The van der Waals surface area contributed by atoms with Gasteiger partial charge >= 0.3 is 0 Å². The minimum absolute atomic E-state index is 0.112. The molecule has 2 aromatic carbocycles. The summed E-state index contributed by atoms with van der Waals surface area (Å²) in [6, 6.07) is 18.8. The summed E-state index contributed by atoms with van der Waals surface area (Å²) in [5.74, 6) is 4.74. The van der Waals surface area contributed by atoms with Crippen LogP contribution in [0.5, 0.6) is 0 Å². The molecule has 8 heteroatoms. The number of hydrogen-bond donors (Lipinski definition) is 3. The predicted octanol–water partition coefficient (Wildman–Crippen LogP) is 4.77. The number of hydroxylamine groups is 1. The zero-order chi connectivity index (χ0) is 27.4. The van der Waals surface area contributed by atoms with Gasteiger partial charge in [0, 0.05) is 28.4 Å². The Morgan fingerprint density at radius 3 is 2.46 bits per heavy atom. The highest BCUT2D eigenvalue weighted by atomic mass is 16.7. The van der Waals surface area contributed by atoms with E-state index < -0.39 is 0 Å². The second-order valence-corrected chi connectivity index (χ2v) is 9.40. The van der Waals surface area contributed by atoms with Gasteiger partial charge in [-0.15, -0.1) is 0 Å². The molecule has 0 spiro atoms. The highest BCUT2D eigenvalue weighted by Crippen LogP contribution is 2.31. The summed E-state index contributed by atoms with van der Waals surface area (Å²) in [5, 5.41) is 7.10. The fraction of sp³-hybridized carbons (Fsp3) is 0.161. The van der Waals surface area contributed by atoms with Gasteiger partial charge in [-0.25, -0.2) is 14.6 Å². The van der Waals surface area contributed by atoms with E-state index in [1.54, 1.807) is 30.5 Å². The van der Waals surface area contributed by atoms with Crippen molar-refractivity contribution in [2.45, 2.75) is 26.8 Å². The van der Waals surface area contributed by atoms with E-state index in [1.165, 1.54) is 0 Å². The second kappa shape index (κ2) is 11.2. The van der Waals surface area contributed by atoms with Crippen LogP contribution < -0.4 is 16.1 Å². The Morgan fingerprint density at radius 1 is 1.00 bits per heavy atom. The van der Waals surface area contributed by atoms with Crippen molar-refractivity contribution in [3.63, 3.8) is 0 Å². The summed E-state index contributed by atoms with van der Waals surface area (Å²) < 4.78 is 0. The van der Waals surface area contributed by atoms with E-state index >= 15 is 0 Å². The average molecular weight is 518 g/mol. The smallest absolute Gasteiger partial charge is 0.151 e. The van der Waals surface area contributed by atoms with E-state index in [1.807, 2.05) is 63.1 Å². The van der Waals surface area contributed by atoms with Crippen molar-refractivity contribution in [2.75, 3.05) is 11.9 Å². The first-order valence-corrected chi connectivity index (χ1v) is 12.5. The molecule has 8 nitrogen and oxygen atoms in total. The average Bonchev–Trinajstić information content (AvgIpc) is 3.37. The molecule has 1 aliphatic heterocycles. The molecule has 3 heterocycles. The van der Waals surface area contributed by atoms with Crippen LogP contribution in [0.4, 0.5) is 5.69 Å². The van der Waals surface area contributed by atoms with E-state index in [0.29, 0.717) is 46.2 Å². The van der Waals surface area contributed by atoms with E-state index in [2.05, 4.69) is 33.1 Å². The van der Waals surface area contributed by atoms with Crippen LogP contribution in [0.1, 0.15) is 29.2 Å². The van der Waals surface area contributed by atoms with Gasteiger partial charge < -0.3 is 15.5 Å². The van der Waals surface area contributed by atoms with Crippen LogP contribution >= 0.6 is 0 Å². The Kier molecular flexibility index (Phi) is 7.34. The molecule has 1 unspecified atom stereocenters. The normalized spacial score (nSPS) is 14.1. The monoisotopic (exact) mass is 517 g/mol. The summed E-state index contributed by atoms with van der Waals surface area (Å²) in [6.07, 6.45) is 3.64. The van der Waals surface area contributed by atoms with Gasteiger partial charge in [-0.3, -0.25) is 4.98 Å². The number of benzene rings is 2. The molecule has 4 aromatic rings. The second-order valence-electron chi connectivity index (χ2n) is 9.40. The Labute approximate surface area is 226 Å². The summed E-state index contributed by atoms with van der Waals surface area (Å²) in [6.45, 7) is 6.33. The largest absolute Gasteiger partial charge is 0.411 e. The zero-order valence-electron chi connectivity index (χ0n) is 21.8. The lowest BCUT2D eigenvalue weighted by Crippen LogP contribution is -2.19. The number of aromatic nitrogens is 2.